The number of amides is 3. The highest BCUT2D eigenvalue weighted by atomic mass is 32.2. The van der Waals surface area contributed by atoms with E-state index in [4.69, 9.17) is 5.26 Å². The number of nitrogens with zero attached hydrogens (tertiary/aromatic N) is 1. The minimum absolute atomic E-state index is 0.0769. The van der Waals surface area contributed by atoms with Crippen LogP contribution in [0.2, 0.25) is 0 Å². The van der Waals surface area contributed by atoms with Gasteiger partial charge < -0.3 is 16.0 Å². The number of hydrogen-bond donors (Lipinski definition) is 3. The van der Waals surface area contributed by atoms with Crippen molar-refractivity contribution in [1.82, 2.24) is 5.32 Å². The Morgan fingerprint density at radius 2 is 1.60 bits per heavy atom. The largest absolute Gasteiger partial charge is 0.343 e. The van der Waals surface area contributed by atoms with Gasteiger partial charge in [-0.15, -0.1) is 11.8 Å². The fourth-order valence-corrected chi connectivity index (χ4v) is 4.45. The first-order valence-corrected chi connectivity index (χ1v) is 11.9. The first-order chi connectivity index (χ1) is 16.8. The highest BCUT2D eigenvalue weighted by Gasteiger charge is 2.15. The zero-order chi connectivity index (χ0) is 25.4. The highest BCUT2D eigenvalue weighted by molar-refractivity contribution is 8.00. The van der Waals surface area contributed by atoms with Crippen molar-refractivity contribution >= 4 is 40.9 Å². The molecule has 0 atom stereocenters. The fraction of sp³-hybridized carbons (Fsp3) is 0.185. The maximum absolute atomic E-state index is 12.8. The van der Waals surface area contributed by atoms with E-state index in [1.807, 2.05) is 39.0 Å². The Hall–Kier alpha value is -4.09. The third-order valence-corrected chi connectivity index (χ3v) is 6.19. The van der Waals surface area contributed by atoms with Crippen molar-refractivity contribution in [2.45, 2.75) is 25.7 Å². The van der Waals surface area contributed by atoms with Crippen LogP contribution in [0, 0.1) is 32.1 Å². The SMILES string of the molecule is Cc1cc(C)c(NC(=O)CNC(=O)c2ccccc2SCC(=O)Nc2cccc(C#N)c2)c(C)c1. The topological polar surface area (TPSA) is 111 Å². The third kappa shape index (κ3) is 7.19. The number of nitriles is 1. The average molecular weight is 487 g/mol. The number of carbonyl (C=O) groups is 3. The summed E-state index contributed by atoms with van der Waals surface area (Å²) in [6, 6.07) is 19.6. The predicted octanol–water partition coefficient (Wildman–Crippen LogP) is 4.58. The molecule has 0 unspecified atom stereocenters. The molecule has 3 aromatic carbocycles. The van der Waals surface area contributed by atoms with Crippen molar-refractivity contribution in [3.8, 4) is 6.07 Å². The van der Waals surface area contributed by atoms with E-state index in [2.05, 4.69) is 16.0 Å². The molecule has 0 radical (unpaired) electrons. The predicted molar refractivity (Wildman–Crippen MR) is 139 cm³/mol. The molecule has 0 spiro atoms. The number of rotatable bonds is 8. The first-order valence-electron chi connectivity index (χ1n) is 10.9. The summed E-state index contributed by atoms with van der Waals surface area (Å²) in [5, 5.41) is 17.3. The van der Waals surface area contributed by atoms with E-state index >= 15 is 0 Å². The minimum Gasteiger partial charge on any atom is -0.343 e. The summed E-state index contributed by atoms with van der Waals surface area (Å²) >= 11 is 1.22. The maximum atomic E-state index is 12.8. The molecule has 8 heteroatoms. The van der Waals surface area contributed by atoms with Gasteiger partial charge >= 0.3 is 0 Å². The Labute approximate surface area is 208 Å². The van der Waals surface area contributed by atoms with Crippen LogP contribution in [0.5, 0.6) is 0 Å². The van der Waals surface area contributed by atoms with Crippen LogP contribution in [0.25, 0.3) is 0 Å². The minimum atomic E-state index is -0.400. The van der Waals surface area contributed by atoms with Crippen LogP contribution in [0.15, 0.2) is 65.6 Å². The van der Waals surface area contributed by atoms with E-state index in [9.17, 15) is 14.4 Å². The number of thioether (sulfide) groups is 1. The third-order valence-electron chi connectivity index (χ3n) is 5.12. The summed E-state index contributed by atoms with van der Waals surface area (Å²) in [7, 11) is 0. The monoisotopic (exact) mass is 486 g/mol. The summed E-state index contributed by atoms with van der Waals surface area (Å²) in [6.45, 7) is 5.67. The Morgan fingerprint density at radius 3 is 2.31 bits per heavy atom. The van der Waals surface area contributed by atoms with Gasteiger partial charge in [0, 0.05) is 16.3 Å². The molecule has 178 valence electrons. The molecule has 0 aliphatic heterocycles. The lowest BCUT2D eigenvalue weighted by Gasteiger charge is -2.14. The maximum Gasteiger partial charge on any atom is 0.252 e. The quantitative estimate of drug-likeness (QED) is 0.404. The number of anilines is 2. The number of aryl methyl sites for hydroxylation is 3. The molecule has 0 fully saturated rings. The molecule has 0 saturated carbocycles. The first kappa shape index (κ1) is 25.5. The lowest BCUT2D eigenvalue weighted by Crippen LogP contribution is -2.33. The molecule has 0 aliphatic rings. The molecule has 3 N–H and O–H groups in total. The Kier molecular flexibility index (Phi) is 8.65. The molecule has 3 rings (SSSR count). The van der Waals surface area contributed by atoms with Gasteiger partial charge in [0.25, 0.3) is 5.91 Å². The van der Waals surface area contributed by atoms with Crippen molar-refractivity contribution in [3.63, 3.8) is 0 Å². The molecule has 0 aromatic heterocycles. The number of nitrogens with one attached hydrogen (secondary N) is 3. The van der Waals surface area contributed by atoms with Crippen LogP contribution in [-0.4, -0.2) is 30.0 Å². The van der Waals surface area contributed by atoms with E-state index in [-0.39, 0.29) is 24.1 Å². The van der Waals surface area contributed by atoms with Crippen molar-refractivity contribution in [3.05, 3.63) is 88.5 Å². The summed E-state index contributed by atoms with van der Waals surface area (Å²) in [5.74, 6) is -0.906. The summed E-state index contributed by atoms with van der Waals surface area (Å²) in [6.07, 6.45) is 0. The molecule has 35 heavy (non-hydrogen) atoms. The fourth-order valence-electron chi connectivity index (χ4n) is 3.60. The van der Waals surface area contributed by atoms with Gasteiger partial charge in [-0.05, 0) is 62.2 Å². The number of hydrogen-bond acceptors (Lipinski definition) is 5. The van der Waals surface area contributed by atoms with Gasteiger partial charge in [0.2, 0.25) is 11.8 Å². The average Bonchev–Trinajstić information content (AvgIpc) is 2.83. The molecule has 0 heterocycles. The van der Waals surface area contributed by atoms with E-state index in [0.717, 1.165) is 22.4 Å². The van der Waals surface area contributed by atoms with Gasteiger partial charge in [-0.2, -0.15) is 5.26 Å². The molecular weight excluding hydrogens is 460 g/mol. The standard InChI is InChI=1S/C27H26N4O3S/c1-17-11-18(2)26(19(3)12-17)31-24(32)15-29-27(34)22-9-4-5-10-23(22)35-16-25(33)30-21-8-6-7-20(13-21)14-28/h4-13H,15-16H2,1-3H3,(H,29,34)(H,30,33)(H,31,32). The molecule has 0 bridgehead atoms. The molecule has 0 saturated heterocycles. The van der Waals surface area contributed by atoms with Gasteiger partial charge in [0.15, 0.2) is 0 Å². The number of benzene rings is 3. The zero-order valence-electron chi connectivity index (χ0n) is 19.8. The van der Waals surface area contributed by atoms with E-state index in [0.29, 0.717) is 21.7 Å². The van der Waals surface area contributed by atoms with Gasteiger partial charge in [-0.25, -0.2) is 0 Å². The summed E-state index contributed by atoms with van der Waals surface area (Å²) in [4.78, 5) is 38.2. The lowest BCUT2D eigenvalue weighted by atomic mass is 10.1. The van der Waals surface area contributed by atoms with Crippen LogP contribution in [0.1, 0.15) is 32.6 Å². The van der Waals surface area contributed by atoms with Gasteiger partial charge in [-0.1, -0.05) is 35.9 Å². The summed E-state index contributed by atoms with van der Waals surface area (Å²) < 4.78 is 0. The zero-order valence-corrected chi connectivity index (χ0v) is 20.6. The van der Waals surface area contributed by atoms with Crippen molar-refractivity contribution in [2.75, 3.05) is 22.9 Å². The molecule has 7 nitrogen and oxygen atoms in total. The molecular formula is C27H26N4O3S. The van der Waals surface area contributed by atoms with Crippen LogP contribution in [0.3, 0.4) is 0 Å². The Balaban J connectivity index is 1.57. The molecule has 3 amide bonds. The second-order valence-corrected chi connectivity index (χ2v) is 9.05. The Bertz CT molecular complexity index is 1290. The smallest absolute Gasteiger partial charge is 0.252 e. The van der Waals surface area contributed by atoms with Crippen molar-refractivity contribution in [1.29, 1.82) is 5.26 Å². The van der Waals surface area contributed by atoms with Gasteiger partial charge in [-0.3, -0.25) is 14.4 Å². The van der Waals surface area contributed by atoms with Gasteiger partial charge in [0.1, 0.15) is 0 Å². The van der Waals surface area contributed by atoms with Crippen LogP contribution >= 0.6 is 11.8 Å². The second-order valence-electron chi connectivity index (χ2n) is 8.03. The second kappa shape index (κ2) is 11.9. The van der Waals surface area contributed by atoms with E-state index in [1.165, 1.54) is 11.8 Å². The van der Waals surface area contributed by atoms with E-state index < -0.39 is 5.91 Å². The van der Waals surface area contributed by atoms with Crippen molar-refractivity contribution in [2.24, 2.45) is 0 Å². The van der Waals surface area contributed by atoms with E-state index in [1.54, 1.807) is 48.5 Å². The van der Waals surface area contributed by atoms with Crippen molar-refractivity contribution < 1.29 is 14.4 Å². The molecule has 3 aromatic rings. The van der Waals surface area contributed by atoms with Gasteiger partial charge in [0.05, 0.1) is 29.5 Å². The number of carbonyl (C=O) groups excluding carboxylic acids is 3. The lowest BCUT2D eigenvalue weighted by molar-refractivity contribution is -0.115. The molecule has 0 aliphatic carbocycles. The Morgan fingerprint density at radius 1 is 0.886 bits per heavy atom. The van der Waals surface area contributed by atoms with Crippen LogP contribution in [0.4, 0.5) is 11.4 Å². The highest BCUT2D eigenvalue weighted by Crippen LogP contribution is 2.24. The normalized spacial score (nSPS) is 10.2. The van der Waals surface area contributed by atoms with Crippen LogP contribution in [-0.2, 0) is 9.59 Å². The summed E-state index contributed by atoms with van der Waals surface area (Å²) in [5.41, 5.74) is 5.15. The van der Waals surface area contributed by atoms with Crippen LogP contribution < -0.4 is 16.0 Å².